The van der Waals surface area contributed by atoms with E-state index >= 15 is 0 Å². The molecule has 1 atom stereocenters. The van der Waals surface area contributed by atoms with Crippen LogP contribution in [0.5, 0.6) is 0 Å². The Labute approximate surface area is 122 Å². The molecule has 0 saturated carbocycles. The number of fused-ring (bicyclic) bond motifs is 1. The second-order valence-corrected chi connectivity index (χ2v) is 5.83. The van der Waals surface area contributed by atoms with Gasteiger partial charge in [0.1, 0.15) is 0 Å². The van der Waals surface area contributed by atoms with Crippen molar-refractivity contribution in [1.29, 1.82) is 0 Å². The number of aryl methyl sites for hydroxylation is 1. The predicted octanol–water partition coefficient (Wildman–Crippen LogP) is 3.50. The number of benzene rings is 1. The average molecular weight is 283 g/mol. The van der Waals surface area contributed by atoms with E-state index in [4.69, 9.17) is 0 Å². The molecule has 3 aromatic rings. The molecule has 4 heteroatoms. The topological polar surface area (TPSA) is 37.8 Å². The zero-order valence-corrected chi connectivity index (χ0v) is 12.4. The van der Waals surface area contributed by atoms with Crippen LogP contribution in [0.4, 0.5) is 0 Å². The summed E-state index contributed by atoms with van der Waals surface area (Å²) in [6.07, 6.45) is 2.75. The van der Waals surface area contributed by atoms with Gasteiger partial charge in [0.25, 0.3) is 0 Å². The van der Waals surface area contributed by atoms with Crippen LogP contribution < -0.4 is 5.32 Å². The third-order valence-electron chi connectivity index (χ3n) is 3.43. The monoisotopic (exact) mass is 283 g/mol. The number of nitrogens with zero attached hydrogens (tertiary/aromatic N) is 2. The summed E-state index contributed by atoms with van der Waals surface area (Å²) in [4.78, 5) is 8.98. The second kappa shape index (κ2) is 5.69. The average Bonchev–Trinajstić information content (AvgIpc) is 2.89. The molecule has 1 aromatic carbocycles. The first-order chi connectivity index (χ1) is 9.76. The standard InChI is InChI=1S/C16H17N3S/c1-11-10-20-16(19-11)9-14(17-2)13-6-5-12-4-3-7-18-15(12)8-13/h3-8,10,14,17H,9H2,1-2H3. The molecule has 0 aliphatic heterocycles. The number of nitrogens with one attached hydrogen (secondary N) is 1. The van der Waals surface area contributed by atoms with Crippen molar-refractivity contribution in [2.75, 3.05) is 7.05 Å². The number of likely N-dealkylation sites (N-methyl/N-ethyl adjacent to an activating group) is 1. The molecule has 0 fully saturated rings. The van der Waals surface area contributed by atoms with E-state index in [-0.39, 0.29) is 6.04 Å². The van der Waals surface area contributed by atoms with Gasteiger partial charge in [-0.3, -0.25) is 4.98 Å². The fourth-order valence-corrected chi connectivity index (χ4v) is 3.18. The largest absolute Gasteiger partial charge is 0.313 e. The minimum absolute atomic E-state index is 0.270. The summed E-state index contributed by atoms with van der Waals surface area (Å²) in [7, 11) is 1.99. The Balaban J connectivity index is 1.90. The molecule has 102 valence electrons. The number of hydrogen-bond acceptors (Lipinski definition) is 4. The highest BCUT2D eigenvalue weighted by Crippen LogP contribution is 2.23. The molecule has 0 aliphatic rings. The van der Waals surface area contributed by atoms with E-state index in [2.05, 4.69) is 44.9 Å². The molecule has 0 amide bonds. The molecule has 2 aromatic heterocycles. The van der Waals surface area contributed by atoms with E-state index in [1.165, 1.54) is 16.0 Å². The van der Waals surface area contributed by atoms with E-state index in [1.807, 2.05) is 26.2 Å². The van der Waals surface area contributed by atoms with E-state index < -0.39 is 0 Å². The van der Waals surface area contributed by atoms with Crippen molar-refractivity contribution < 1.29 is 0 Å². The minimum Gasteiger partial charge on any atom is -0.313 e. The van der Waals surface area contributed by atoms with Crippen LogP contribution in [0.15, 0.2) is 41.9 Å². The molecule has 3 nitrogen and oxygen atoms in total. The lowest BCUT2D eigenvalue weighted by molar-refractivity contribution is 0.590. The number of aromatic nitrogens is 2. The van der Waals surface area contributed by atoms with Gasteiger partial charge >= 0.3 is 0 Å². The Morgan fingerprint density at radius 2 is 2.20 bits per heavy atom. The number of pyridine rings is 1. The molecular weight excluding hydrogens is 266 g/mol. The van der Waals surface area contributed by atoms with Crippen molar-refractivity contribution in [3.05, 3.63) is 58.2 Å². The quantitative estimate of drug-likeness (QED) is 0.796. The first-order valence-corrected chi connectivity index (χ1v) is 7.57. The van der Waals surface area contributed by atoms with E-state index in [9.17, 15) is 0 Å². The Morgan fingerprint density at radius 1 is 1.30 bits per heavy atom. The van der Waals surface area contributed by atoms with Gasteiger partial charge in [0.2, 0.25) is 0 Å². The lowest BCUT2D eigenvalue weighted by atomic mass is 10.0. The first-order valence-electron chi connectivity index (χ1n) is 6.69. The molecule has 0 bridgehead atoms. The fraction of sp³-hybridized carbons (Fsp3) is 0.250. The van der Waals surface area contributed by atoms with Crippen molar-refractivity contribution in [1.82, 2.24) is 15.3 Å². The first kappa shape index (κ1) is 13.2. The van der Waals surface area contributed by atoms with E-state index in [1.54, 1.807) is 11.3 Å². The molecule has 20 heavy (non-hydrogen) atoms. The van der Waals surface area contributed by atoms with Gasteiger partial charge in [0.05, 0.1) is 10.5 Å². The highest BCUT2D eigenvalue weighted by atomic mass is 32.1. The van der Waals surface area contributed by atoms with Crippen molar-refractivity contribution >= 4 is 22.2 Å². The summed E-state index contributed by atoms with van der Waals surface area (Å²) in [5.41, 5.74) is 3.40. The second-order valence-electron chi connectivity index (χ2n) is 4.88. The Kier molecular flexibility index (Phi) is 3.76. The van der Waals surface area contributed by atoms with Gasteiger partial charge in [-0.15, -0.1) is 11.3 Å². The highest BCUT2D eigenvalue weighted by molar-refractivity contribution is 7.09. The predicted molar refractivity (Wildman–Crippen MR) is 84.1 cm³/mol. The van der Waals surface area contributed by atoms with Crippen molar-refractivity contribution in [3.8, 4) is 0 Å². The number of rotatable bonds is 4. The molecule has 1 unspecified atom stereocenters. The molecule has 2 heterocycles. The van der Waals surface area contributed by atoms with Crippen LogP contribution in [0.1, 0.15) is 22.3 Å². The molecule has 0 spiro atoms. The number of thiazole rings is 1. The maximum absolute atomic E-state index is 4.55. The summed E-state index contributed by atoms with van der Waals surface area (Å²) in [5, 5.41) is 7.83. The fourth-order valence-electron chi connectivity index (χ4n) is 2.36. The lowest BCUT2D eigenvalue weighted by Crippen LogP contribution is -2.18. The zero-order chi connectivity index (χ0) is 13.9. The van der Waals surface area contributed by atoms with Gasteiger partial charge in [-0.25, -0.2) is 4.98 Å². The smallest absolute Gasteiger partial charge is 0.0947 e. The van der Waals surface area contributed by atoms with E-state index in [0.717, 1.165) is 17.6 Å². The molecule has 1 N–H and O–H groups in total. The Bertz CT molecular complexity index is 720. The summed E-state index contributed by atoms with van der Waals surface area (Å²) >= 11 is 1.72. The molecule has 0 aliphatic carbocycles. The van der Waals surface area contributed by atoms with Crippen LogP contribution in [-0.2, 0) is 6.42 Å². The van der Waals surface area contributed by atoms with Gasteiger partial charge in [0.15, 0.2) is 0 Å². The van der Waals surface area contributed by atoms with Gasteiger partial charge in [0, 0.05) is 35.1 Å². The van der Waals surface area contributed by atoms with Crippen LogP contribution in [0.25, 0.3) is 10.9 Å². The van der Waals surface area contributed by atoms with E-state index in [0.29, 0.717) is 0 Å². The van der Waals surface area contributed by atoms with Gasteiger partial charge in [-0.1, -0.05) is 18.2 Å². The molecular formula is C16H17N3S. The normalized spacial score (nSPS) is 12.7. The highest BCUT2D eigenvalue weighted by Gasteiger charge is 2.13. The van der Waals surface area contributed by atoms with Crippen LogP contribution >= 0.6 is 11.3 Å². The summed E-state index contributed by atoms with van der Waals surface area (Å²) < 4.78 is 0. The summed E-state index contributed by atoms with van der Waals surface area (Å²) in [6, 6.07) is 10.8. The van der Waals surface area contributed by atoms with Crippen molar-refractivity contribution in [3.63, 3.8) is 0 Å². The van der Waals surface area contributed by atoms with Crippen LogP contribution in [0.3, 0.4) is 0 Å². The summed E-state index contributed by atoms with van der Waals surface area (Å²) in [6.45, 7) is 2.04. The minimum atomic E-state index is 0.270. The van der Waals surface area contributed by atoms with Crippen molar-refractivity contribution in [2.45, 2.75) is 19.4 Å². The molecule has 3 rings (SSSR count). The Morgan fingerprint density at radius 3 is 2.95 bits per heavy atom. The lowest BCUT2D eigenvalue weighted by Gasteiger charge is -2.15. The SMILES string of the molecule is CNC(Cc1nc(C)cs1)c1ccc2cccnc2c1. The third kappa shape index (κ3) is 2.71. The van der Waals surface area contributed by atoms with Crippen LogP contribution in [-0.4, -0.2) is 17.0 Å². The van der Waals surface area contributed by atoms with Gasteiger partial charge in [-0.2, -0.15) is 0 Å². The van der Waals surface area contributed by atoms with Gasteiger partial charge < -0.3 is 5.32 Å². The zero-order valence-electron chi connectivity index (χ0n) is 11.6. The van der Waals surface area contributed by atoms with Gasteiger partial charge in [-0.05, 0) is 31.7 Å². The number of hydrogen-bond donors (Lipinski definition) is 1. The summed E-state index contributed by atoms with van der Waals surface area (Å²) in [5.74, 6) is 0. The molecule has 0 saturated heterocycles. The van der Waals surface area contributed by atoms with Crippen LogP contribution in [0, 0.1) is 6.92 Å². The molecule has 0 radical (unpaired) electrons. The maximum atomic E-state index is 4.55. The third-order valence-corrected chi connectivity index (χ3v) is 4.42. The Hall–Kier alpha value is -1.78. The van der Waals surface area contributed by atoms with Crippen molar-refractivity contribution in [2.24, 2.45) is 0 Å². The van der Waals surface area contributed by atoms with Crippen LogP contribution in [0.2, 0.25) is 0 Å². The maximum Gasteiger partial charge on any atom is 0.0947 e.